The summed E-state index contributed by atoms with van der Waals surface area (Å²) >= 11 is 0. The molecule has 6 nitrogen and oxygen atoms in total. The van der Waals surface area contributed by atoms with Crippen molar-refractivity contribution in [3.05, 3.63) is 88.8 Å². The van der Waals surface area contributed by atoms with Crippen LogP contribution in [-0.4, -0.2) is 17.2 Å². The van der Waals surface area contributed by atoms with Gasteiger partial charge in [0.2, 0.25) is 0 Å². The van der Waals surface area contributed by atoms with Crippen LogP contribution in [-0.2, 0) is 6.54 Å². The van der Waals surface area contributed by atoms with Crippen molar-refractivity contribution in [1.82, 2.24) is 4.57 Å². The van der Waals surface area contributed by atoms with Crippen LogP contribution in [0.5, 0.6) is 5.75 Å². The molecular formula is C21H21N3O3. The maximum Gasteiger partial charge on any atom is 0.323 e. The first kappa shape index (κ1) is 18.3. The average molecular weight is 363 g/mol. The Balaban J connectivity index is 1.67. The summed E-state index contributed by atoms with van der Waals surface area (Å²) in [4.78, 5) is 24.8. The van der Waals surface area contributed by atoms with E-state index < -0.39 is 6.03 Å². The second kappa shape index (κ2) is 8.71. The standard InChI is InChI=1S/C21H21N3O3/c1-2-27-18-12-10-17(11-13-18)22-21(26)23-19-9-6-14-24(20(19)25)15-16-7-4-3-5-8-16/h3-14H,2,15H2,1H3,(H2,22,23,26). The lowest BCUT2D eigenvalue weighted by molar-refractivity contribution is 0.262. The lowest BCUT2D eigenvalue weighted by Gasteiger charge is -2.11. The molecule has 1 heterocycles. The highest BCUT2D eigenvalue weighted by atomic mass is 16.5. The van der Waals surface area contributed by atoms with Crippen molar-refractivity contribution in [3.63, 3.8) is 0 Å². The Morgan fingerprint density at radius 1 is 0.963 bits per heavy atom. The molecule has 0 aliphatic carbocycles. The predicted octanol–water partition coefficient (Wildman–Crippen LogP) is 3.94. The van der Waals surface area contributed by atoms with E-state index in [0.717, 1.165) is 11.3 Å². The van der Waals surface area contributed by atoms with Crippen LogP contribution >= 0.6 is 0 Å². The molecule has 0 fully saturated rings. The third-order valence-electron chi connectivity index (χ3n) is 3.89. The van der Waals surface area contributed by atoms with E-state index in [0.29, 0.717) is 18.8 Å². The highest BCUT2D eigenvalue weighted by molar-refractivity contribution is 5.99. The van der Waals surface area contributed by atoms with Crippen molar-refractivity contribution < 1.29 is 9.53 Å². The van der Waals surface area contributed by atoms with Gasteiger partial charge in [0.05, 0.1) is 13.2 Å². The van der Waals surface area contributed by atoms with Crippen molar-refractivity contribution >= 4 is 17.4 Å². The molecule has 6 heteroatoms. The molecule has 2 aromatic carbocycles. The summed E-state index contributed by atoms with van der Waals surface area (Å²) < 4.78 is 6.92. The summed E-state index contributed by atoms with van der Waals surface area (Å²) in [6, 6.07) is 19.5. The second-order valence-corrected chi connectivity index (χ2v) is 5.88. The number of ether oxygens (including phenoxy) is 1. The zero-order chi connectivity index (χ0) is 19.1. The first-order valence-electron chi connectivity index (χ1n) is 8.70. The third kappa shape index (κ3) is 4.98. The number of anilines is 2. The molecule has 0 saturated carbocycles. The summed E-state index contributed by atoms with van der Waals surface area (Å²) in [5.41, 5.74) is 1.58. The number of carbonyl (C=O) groups excluding carboxylic acids is 1. The lowest BCUT2D eigenvalue weighted by atomic mass is 10.2. The van der Waals surface area contributed by atoms with E-state index in [-0.39, 0.29) is 11.2 Å². The Labute approximate surface area is 157 Å². The predicted molar refractivity (Wildman–Crippen MR) is 106 cm³/mol. The fourth-order valence-electron chi connectivity index (χ4n) is 2.62. The Hall–Kier alpha value is -3.54. The Morgan fingerprint density at radius 3 is 2.41 bits per heavy atom. The van der Waals surface area contributed by atoms with Crippen molar-refractivity contribution in [2.75, 3.05) is 17.2 Å². The largest absolute Gasteiger partial charge is 0.494 e. The number of nitrogens with zero attached hydrogens (tertiary/aromatic N) is 1. The highest BCUT2D eigenvalue weighted by Crippen LogP contribution is 2.15. The van der Waals surface area contributed by atoms with Crippen LogP contribution in [0.4, 0.5) is 16.2 Å². The van der Waals surface area contributed by atoms with E-state index in [2.05, 4.69) is 10.6 Å². The molecule has 0 atom stereocenters. The van der Waals surface area contributed by atoms with E-state index in [1.54, 1.807) is 47.2 Å². The molecule has 0 aliphatic rings. The zero-order valence-corrected chi connectivity index (χ0v) is 15.0. The van der Waals surface area contributed by atoms with Gasteiger partial charge < -0.3 is 19.9 Å². The summed E-state index contributed by atoms with van der Waals surface area (Å²) in [7, 11) is 0. The molecule has 0 aliphatic heterocycles. The van der Waals surface area contributed by atoms with Crippen molar-refractivity contribution in [2.24, 2.45) is 0 Å². The number of aromatic nitrogens is 1. The molecule has 1 aromatic heterocycles. The number of hydrogen-bond acceptors (Lipinski definition) is 3. The first-order chi connectivity index (χ1) is 13.2. The van der Waals surface area contributed by atoms with Gasteiger partial charge in [0.15, 0.2) is 0 Å². The van der Waals surface area contributed by atoms with Gasteiger partial charge in [0, 0.05) is 11.9 Å². The Bertz CT molecular complexity index is 950. The van der Waals surface area contributed by atoms with E-state index in [1.165, 1.54) is 0 Å². The molecule has 27 heavy (non-hydrogen) atoms. The fraction of sp³-hybridized carbons (Fsp3) is 0.143. The van der Waals surface area contributed by atoms with Gasteiger partial charge in [-0.05, 0) is 48.9 Å². The molecule has 3 aromatic rings. The minimum Gasteiger partial charge on any atom is -0.494 e. The SMILES string of the molecule is CCOc1ccc(NC(=O)Nc2cccn(Cc3ccccc3)c2=O)cc1. The number of rotatable bonds is 6. The number of amides is 2. The number of benzene rings is 2. The van der Waals surface area contributed by atoms with E-state index in [4.69, 9.17) is 4.74 Å². The monoisotopic (exact) mass is 363 g/mol. The summed E-state index contributed by atoms with van der Waals surface area (Å²) in [5.74, 6) is 0.732. The Kier molecular flexibility index (Phi) is 5.89. The summed E-state index contributed by atoms with van der Waals surface area (Å²) in [6.07, 6.45) is 1.70. The normalized spacial score (nSPS) is 10.3. The molecule has 0 radical (unpaired) electrons. The molecule has 138 valence electrons. The van der Waals surface area contributed by atoms with E-state index in [9.17, 15) is 9.59 Å². The first-order valence-corrected chi connectivity index (χ1v) is 8.70. The van der Waals surface area contributed by atoms with Gasteiger partial charge in [0.1, 0.15) is 11.4 Å². The van der Waals surface area contributed by atoms with Gasteiger partial charge in [-0.25, -0.2) is 4.79 Å². The van der Waals surface area contributed by atoms with Gasteiger partial charge in [-0.2, -0.15) is 0 Å². The molecule has 0 saturated heterocycles. The molecule has 2 N–H and O–H groups in total. The van der Waals surface area contributed by atoms with Gasteiger partial charge in [-0.15, -0.1) is 0 Å². The molecule has 0 bridgehead atoms. The number of urea groups is 1. The topological polar surface area (TPSA) is 72.4 Å². The van der Waals surface area contributed by atoms with Crippen molar-refractivity contribution in [3.8, 4) is 5.75 Å². The lowest BCUT2D eigenvalue weighted by Crippen LogP contribution is -2.28. The Morgan fingerprint density at radius 2 is 1.70 bits per heavy atom. The quantitative estimate of drug-likeness (QED) is 0.697. The van der Waals surface area contributed by atoms with Gasteiger partial charge >= 0.3 is 6.03 Å². The van der Waals surface area contributed by atoms with Crippen LogP contribution in [0.15, 0.2) is 77.7 Å². The smallest absolute Gasteiger partial charge is 0.323 e. The van der Waals surface area contributed by atoms with Gasteiger partial charge in [0.25, 0.3) is 5.56 Å². The van der Waals surface area contributed by atoms with Crippen LogP contribution < -0.4 is 20.9 Å². The minimum absolute atomic E-state index is 0.219. The van der Waals surface area contributed by atoms with Crippen LogP contribution in [0, 0.1) is 0 Å². The number of hydrogen-bond donors (Lipinski definition) is 2. The third-order valence-corrected chi connectivity index (χ3v) is 3.89. The maximum absolute atomic E-state index is 12.6. The highest BCUT2D eigenvalue weighted by Gasteiger charge is 2.08. The van der Waals surface area contributed by atoms with E-state index in [1.807, 2.05) is 37.3 Å². The molecule has 0 unspecified atom stereocenters. The second-order valence-electron chi connectivity index (χ2n) is 5.88. The van der Waals surface area contributed by atoms with Crippen LogP contribution in [0.3, 0.4) is 0 Å². The van der Waals surface area contributed by atoms with Gasteiger partial charge in [-0.3, -0.25) is 4.79 Å². The van der Waals surface area contributed by atoms with Gasteiger partial charge in [-0.1, -0.05) is 30.3 Å². The van der Waals surface area contributed by atoms with Crippen LogP contribution in [0.2, 0.25) is 0 Å². The minimum atomic E-state index is -0.478. The number of pyridine rings is 1. The summed E-state index contributed by atoms with van der Waals surface area (Å²) in [6.45, 7) is 2.93. The van der Waals surface area contributed by atoms with Crippen molar-refractivity contribution in [2.45, 2.75) is 13.5 Å². The maximum atomic E-state index is 12.6. The number of carbonyl (C=O) groups is 1. The fourth-order valence-corrected chi connectivity index (χ4v) is 2.62. The molecular weight excluding hydrogens is 342 g/mol. The molecule has 0 spiro atoms. The number of nitrogens with one attached hydrogen (secondary N) is 2. The zero-order valence-electron chi connectivity index (χ0n) is 15.0. The molecule has 3 rings (SSSR count). The van der Waals surface area contributed by atoms with Crippen molar-refractivity contribution in [1.29, 1.82) is 0 Å². The van der Waals surface area contributed by atoms with Crippen LogP contribution in [0.25, 0.3) is 0 Å². The average Bonchev–Trinajstić information content (AvgIpc) is 2.68. The van der Waals surface area contributed by atoms with E-state index >= 15 is 0 Å². The summed E-state index contributed by atoms with van der Waals surface area (Å²) in [5, 5.41) is 5.31. The molecule has 2 amide bonds. The van der Waals surface area contributed by atoms with Crippen LogP contribution in [0.1, 0.15) is 12.5 Å².